The number of ether oxygens (including phenoxy) is 2. The maximum atomic E-state index is 10.7. The second-order valence-corrected chi connectivity index (χ2v) is 4.81. The van der Waals surface area contributed by atoms with Gasteiger partial charge in [0.1, 0.15) is 11.5 Å². The van der Waals surface area contributed by atoms with Crippen LogP contribution in [0.25, 0.3) is 0 Å². The fourth-order valence-corrected chi connectivity index (χ4v) is 2.43. The molecule has 0 aliphatic heterocycles. The highest BCUT2D eigenvalue weighted by molar-refractivity contribution is 5.43. The molecule has 0 radical (unpaired) electrons. The van der Waals surface area contributed by atoms with Crippen LogP contribution in [0.2, 0.25) is 0 Å². The molecule has 2 rings (SSSR count). The van der Waals surface area contributed by atoms with Crippen LogP contribution in [0.3, 0.4) is 0 Å². The van der Waals surface area contributed by atoms with E-state index in [1.807, 2.05) is 36.4 Å². The largest absolute Gasteiger partial charge is 0.497 e. The van der Waals surface area contributed by atoms with Gasteiger partial charge in [-0.2, -0.15) is 0 Å². The van der Waals surface area contributed by atoms with Crippen LogP contribution in [0.15, 0.2) is 48.5 Å². The Labute approximate surface area is 125 Å². The van der Waals surface area contributed by atoms with Crippen LogP contribution >= 0.6 is 0 Å². The molecular weight excluding hydrogens is 266 g/mol. The predicted molar refractivity (Wildman–Crippen MR) is 82.7 cm³/mol. The molecule has 4 nitrogen and oxygen atoms in total. The number of benzene rings is 2. The van der Waals surface area contributed by atoms with Crippen molar-refractivity contribution in [1.29, 1.82) is 0 Å². The molecule has 21 heavy (non-hydrogen) atoms. The van der Waals surface area contributed by atoms with Crippen LogP contribution in [0.5, 0.6) is 11.5 Å². The number of aliphatic hydroxyl groups excluding tert-OH is 1. The van der Waals surface area contributed by atoms with Crippen molar-refractivity contribution >= 4 is 0 Å². The topological polar surface area (TPSA) is 64.7 Å². The molecule has 0 bridgehead atoms. The van der Waals surface area contributed by atoms with Gasteiger partial charge in [0.25, 0.3) is 0 Å². The van der Waals surface area contributed by atoms with Gasteiger partial charge in [0.2, 0.25) is 0 Å². The Morgan fingerprint density at radius 3 is 2.33 bits per heavy atom. The summed E-state index contributed by atoms with van der Waals surface area (Å²) in [6.07, 6.45) is -0.738. The molecule has 0 saturated carbocycles. The number of hydrogen-bond acceptors (Lipinski definition) is 4. The summed E-state index contributed by atoms with van der Waals surface area (Å²) >= 11 is 0. The van der Waals surface area contributed by atoms with Crippen molar-refractivity contribution in [1.82, 2.24) is 0 Å². The molecule has 0 heterocycles. The van der Waals surface area contributed by atoms with E-state index in [1.165, 1.54) is 0 Å². The predicted octanol–water partition coefficient (Wildman–Crippen LogP) is 2.48. The van der Waals surface area contributed by atoms with Crippen LogP contribution in [0, 0.1) is 0 Å². The molecule has 4 heteroatoms. The zero-order valence-electron chi connectivity index (χ0n) is 12.3. The Morgan fingerprint density at radius 1 is 1.05 bits per heavy atom. The fraction of sp³-hybridized carbons (Fsp3) is 0.294. The first-order chi connectivity index (χ1) is 10.2. The van der Waals surface area contributed by atoms with Crippen LogP contribution in [-0.2, 0) is 0 Å². The second-order valence-electron chi connectivity index (χ2n) is 4.81. The lowest BCUT2D eigenvalue weighted by Gasteiger charge is -2.24. The molecule has 0 aliphatic rings. The summed E-state index contributed by atoms with van der Waals surface area (Å²) in [4.78, 5) is 0. The van der Waals surface area contributed by atoms with Gasteiger partial charge in [-0.05, 0) is 17.7 Å². The number of methoxy groups -OCH3 is 2. The first-order valence-electron chi connectivity index (χ1n) is 6.86. The van der Waals surface area contributed by atoms with Crippen LogP contribution in [0.4, 0.5) is 0 Å². The van der Waals surface area contributed by atoms with Gasteiger partial charge in [-0.3, -0.25) is 0 Å². The van der Waals surface area contributed by atoms with Gasteiger partial charge in [-0.1, -0.05) is 30.3 Å². The number of nitrogens with two attached hydrogens (primary N) is 1. The molecule has 2 unspecified atom stereocenters. The highest BCUT2D eigenvalue weighted by Crippen LogP contribution is 2.36. The first kappa shape index (κ1) is 15.4. The summed E-state index contributed by atoms with van der Waals surface area (Å²) in [5.41, 5.74) is 7.58. The highest BCUT2D eigenvalue weighted by Gasteiger charge is 2.24. The average Bonchev–Trinajstić information content (AvgIpc) is 2.55. The molecule has 0 spiro atoms. The van der Waals surface area contributed by atoms with E-state index in [0.717, 1.165) is 5.56 Å². The van der Waals surface area contributed by atoms with Gasteiger partial charge in [0.05, 0.1) is 20.3 Å². The van der Waals surface area contributed by atoms with Gasteiger partial charge in [-0.15, -0.1) is 0 Å². The number of aliphatic hydroxyl groups is 1. The van der Waals surface area contributed by atoms with E-state index >= 15 is 0 Å². The third-order valence-electron chi connectivity index (χ3n) is 3.62. The monoisotopic (exact) mass is 287 g/mol. The zero-order valence-corrected chi connectivity index (χ0v) is 12.3. The molecular formula is C17H21NO3. The summed E-state index contributed by atoms with van der Waals surface area (Å²) in [7, 11) is 3.17. The normalized spacial score (nSPS) is 13.5. The van der Waals surface area contributed by atoms with Gasteiger partial charge < -0.3 is 20.3 Å². The highest BCUT2D eigenvalue weighted by atomic mass is 16.5. The molecule has 3 N–H and O–H groups in total. The van der Waals surface area contributed by atoms with Crippen molar-refractivity contribution in [2.75, 3.05) is 20.8 Å². The molecule has 2 aromatic carbocycles. The Kier molecular flexibility index (Phi) is 5.20. The van der Waals surface area contributed by atoms with Gasteiger partial charge in [0.15, 0.2) is 0 Å². The summed E-state index contributed by atoms with van der Waals surface area (Å²) in [5.74, 6) is 1.09. The Balaban J connectivity index is 2.35. The Hall–Kier alpha value is -2.04. The molecule has 2 atom stereocenters. The molecule has 2 aromatic rings. The third-order valence-corrected chi connectivity index (χ3v) is 3.62. The van der Waals surface area contributed by atoms with E-state index in [9.17, 15) is 5.11 Å². The van der Waals surface area contributed by atoms with Crippen LogP contribution in [-0.4, -0.2) is 25.9 Å². The van der Waals surface area contributed by atoms with Gasteiger partial charge in [0, 0.05) is 24.1 Å². The molecule has 0 aromatic heterocycles. The molecule has 0 aliphatic carbocycles. The van der Waals surface area contributed by atoms with Crippen molar-refractivity contribution < 1.29 is 14.6 Å². The maximum Gasteiger partial charge on any atom is 0.128 e. The summed E-state index contributed by atoms with van der Waals surface area (Å²) in [6.45, 7) is 0.348. The smallest absolute Gasteiger partial charge is 0.128 e. The van der Waals surface area contributed by atoms with E-state index in [0.29, 0.717) is 23.6 Å². The van der Waals surface area contributed by atoms with Crippen LogP contribution < -0.4 is 15.2 Å². The van der Waals surface area contributed by atoms with Crippen molar-refractivity contribution in [3.05, 3.63) is 59.7 Å². The van der Waals surface area contributed by atoms with E-state index in [4.69, 9.17) is 15.2 Å². The minimum atomic E-state index is -0.738. The van der Waals surface area contributed by atoms with E-state index in [-0.39, 0.29) is 5.92 Å². The lowest BCUT2D eigenvalue weighted by molar-refractivity contribution is 0.143. The summed E-state index contributed by atoms with van der Waals surface area (Å²) < 4.78 is 10.5. The molecule has 0 amide bonds. The lowest BCUT2D eigenvalue weighted by atomic mass is 9.89. The average molecular weight is 287 g/mol. The van der Waals surface area contributed by atoms with Crippen molar-refractivity contribution in [3.8, 4) is 11.5 Å². The number of hydrogen-bond donors (Lipinski definition) is 2. The Bertz CT molecular complexity index is 572. The van der Waals surface area contributed by atoms with Gasteiger partial charge in [-0.25, -0.2) is 0 Å². The van der Waals surface area contributed by atoms with Gasteiger partial charge >= 0.3 is 0 Å². The van der Waals surface area contributed by atoms with E-state index < -0.39 is 6.10 Å². The SMILES string of the molecule is COc1ccc(C(O)C(CN)c2ccccc2)c(OC)c1. The fourth-order valence-electron chi connectivity index (χ4n) is 2.43. The lowest BCUT2D eigenvalue weighted by Crippen LogP contribution is -2.20. The van der Waals surface area contributed by atoms with Crippen molar-refractivity contribution in [3.63, 3.8) is 0 Å². The minimum absolute atomic E-state index is 0.187. The van der Waals surface area contributed by atoms with Crippen molar-refractivity contribution in [2.24, 2.45) is 5.73 Å². The van der Waals surface area contributed by atoms with E-state index in [1.54, 1.807) is 26.4 Å². The number of rotatable bonds is 6. The minimum Gasteiger partial charge on any atom is -0.497 e. The second kappa shape index (κ2) is 7.11. The quantitative estimate of drug-likeness (QED) is 0.856. The first-order valence-corrected chi connectivity index (χ1v) is 6.86. The maximum absolute atomic E-state index is 10.7. The summed E-state index contributed by atoms with van der Waals surface area (Å²) in [6, 6.07) is 15.1. The Morgan fingerprint density at radius 2 is 1.76 bits per heavy atom. The van der Waals surface area contributed by atoms with E-state index in [2.05, 4.69) is 0 Å². The van der Waals surface area contributed by atoms with Crippen LogP contribution in [0.1, 0.15) is 23.1 Å². The third kappa shape index (κ3) is 3.35. The van der Waals surface area contributed by atoms with Crippen molar-refractivity contribution in [2.45, 2.75) is 12.0 Å². The zero-order chi connectivity index (χ0) is 15.2. The standard InChI is InChI=1S/C17H21NO3/c1-20-13-8-9-14(16(10-13)21-2)17(19)15(11-18)12-6-4-3-5-7-12/h3-10,15,17,19H,11,18H2,1-2H3. The molecule has 112 valence electrons. The molecule has 0 saturated heterocycles. The summed E-state index contributed by atoms with van der Waals surface area (Å²) in [5, 5.41) is 10.7. The molecule has 0 fully saturated rings.